The fourth-order valence-electron chi connectivity index (χ4n) is 4.85. The molecule has 0 aliphatic carbocycles. The molecular formula is C29H24Cl3N3O5. The highest BCUT2D eigenvalue weighted by atomic mass is 35.5. The van der Waals surface area contributed by atoms with Crippen LogP contribution in [0.25, 0.3) is 0 Å². The lowest BCUT2D eigenvalue weighted by atomic mass is 10.1. The van der Waals surface area contributed by atoms with E-state index >= 15 is 0 Å². The molecular weight excluding hydrogens is 577 g/mol. The van der Waals surface area contributed by atoms with Gasteiger partial charge in [-0.1, -0.05) is 40.9 Å². The first-order valence-electron chi connectivity index (χ1n) is 12.6. The van der Waals surface area contributed by atoms with Crippen LogP contribution in [-0.4, -0.2) is 67.3 Å². The Morgan fingerprint density at radius 2 is 1.50 bits per heavy atom. The number of Topliss-reactive ketones (excluding diaryl/α,β-unsaturated/α-hetero) is 1. The summed E-state index contributed by atoms with van der Waals surface area (Å²) in [5, 5.41) is 1.21. The maximum atomic E-state index is 13.3. The van der Waals surface area contributed by atoms with Gasteiger partial charge in [0.2, 0.25) is 5.91 Å². The van der Waals surface area contributed by atoms with Crippen LogP contribution in [0.3, 0.4) is 0 Å². The summed E-state index contributed by atoms with van der Waals surface area (Å²) in [7, 11) is 0. The second-order valence-electron chi connectivity index (χ2n) is 9.47. The first-order chi connectivity index (χ1) is 19.2. The standard InChI is InChI=1S/C29H24Cl3N3O5/c30-20-2-1-3-22(15-20)33-10-12-34(13-11-33)25-16-27(37)35(28(25)38)21-7-4-18(5-8-21)29(39)40-17-26(36)19-6-9-23(31)24(32)14-19/h1-9,14-15,25H,10-13,16-17H2. The average molecular weight is 601 g/mol. The zero-order valence-corrected chi connectivity index (χ0v) is 23.5. The number of carbonyl (C=O) groups excluding carboxylic acids is 4. The molecule has 0 radical (unpaired) electrons. The third-order valence-electron chi connectivity index (χ3n) is 6.99. The van der Waals surface area contributed by atoms with Gasteiger partial charge in [-0.2, -0.15) is 0 Å². The highest BCUT2D eigenvalue weighted by Crippen LogP contribution is 2.28. The number of hydrogen-bond acceptors (Lipinski definition) is 7. The minimum Gasteiger partial charge on any atom is -0.454 e. The topological polar surface area (TPSA) is 87.2 Å². The number of piperazine rings is 1. The van der Waals surface area contributed by atoms with Crippen molar-refractivity contribution in [2.45, 2.75) is 12.5 Å². The Bertz CT molecular complexity index is 1470. The van der Waals surface area contributed by atoms with Gasteiger partial charge < -0.3 is 9.64 Å². The smallest absolute Gasteiger partial charge is 0.338 e. The zero-order valence-electron chi connectivity index (χ0n) is 21.2. The monoisotopic (exact) mass is 599 g/mol. The maximum Gasteiger partial charge on any atom is 0.338 e. The molecule has 8 nitrogen and oxygen atoms in total. The van der Waals surface area contributed by atoms with E-state index in [0.717, 1.165) is 10.6 Å². The second kappa shape index (κ2) is 12.0. The molecule has 3 aromatic rings. The number of halogens is 3. The largest absolute Gasteiger partial charge is 0.454 e. The third-order valence-corrected chi connectivity index (χ3v) is 7.96. The summed E-state index contributed by atoms with van der Waals surface area (Å²) in [5.41, 5.74) is 1.85. The first-order valence-corrected chi connectivity index (χ1v) is 13.7. The predicted molar refractivity (Wildman–Crippen MR) is 154 cm³/mol. The Labute approximate surface area is 245 Å². The molecule has 2 fully saturated rings. The molecule has 0 bridgehead atoms. The summed E-state index contributed by atoms with van der Waals surface area (Å²) in [6, 6.07) is 17.5. The lowest BCUT2D eigenvalue weighted by molar-refractivity contribution is -0.123. The molecule has 206 valence electrons. The van der Waals surface area contributed by atoms with Crippen LogP contribution in [0.4, 0.5) is 11.4 Å². The Morgan fingerprint density at radius 3 is 2.17 bits per heavy atom. The van der Waals surface area contributed by atoms with E-state index in [9.17, 15) is 19.2 Å². The average Bonchev–Trinajstić information content (AvgIpc) is 3.26. The number of anilines is 2. The van der Waals surface area contributed by atoms with Crippen molar-refractivity contribution in [2.75, 3.05) is 42.6 Å². The van der Waals surface area contributed by atoms with E-state index in [-0.39, 0.29) is 34.4 Å². The Morgan fingerprint density at radius 1 is 0.800 bits per heavy atom. The van der Waals surface area contributed by atoms with Crippen molar-refractivity contribution in [1.29, 1.82) is 0 Å². The zero-order chi connectivity index (χ0) is 28.4. The minimum atomic E-state index is -0.713. The van der Waals surface area contributed by atoms with Gasteiger partial charge in [0, 0.05) is 42.5 Å². The highest BCUT2D eigenvalue weighted by molar-refractivity contribution is 6.42. The van der Waals surface area contributed by atoms with Gasteiger partial charge in [-0.3, -0.25) is 19.3 Å². The van der Waals surface area contributed by atoms with Gasteiger partial charge in [-0.15, -0.1) is 0 Å². The Kier molecular flexibility index (Phi) is 8.42. The first kappa shape index (κ1) is 28.1. The van der Waals surface area contributed by atoms with Crippen LogP contribution < -0.4 is 9.80 Å². The molecule has 2 aliphatic rings. The Balaban J connectivity index is 1.17. The van der Waals surface area contributed by atoms with Crippen LogP contribution >= 0.6 is 34.8 Å². The number of esters is 1. The van der Waals surface area contributed by atoms with E-state index in [0.29, 0.717) is 41.9 Å². The van der Waals surface area contributed by atoms with Crippen LogP contribution in [0, 0.1) is 0 Å². The van der Waals surface area contributed by atoms with Crippen LogP contribution in [0.1, 0.15) is 27.1 Å². The normalized spacial score (nSPS) is 17.8. The van der Waals surface area contributed by atoms with Gasteiger partial charge in [0.15, 0.2) is 12.4 Å². The number of carbonyl (C=O) groups is 4. The molecule has 0 spiro atoms. The molecule has 5 rings (SSSR count). The molecule has 11 heteroatoms. The quantitative estimate of drug-likeness (QED) is 0.211. The van der Waals surface area contributed by atoms with E-state index in [1.807, 2.05) is 29.2 Å². The molecule has 0 aromatic heterocycles. The number of hydrogen-bond donors (Lipinski definition) is 0. The molecule has 2 aliphatic heterocycles. The summed E-state index contributed by atoms with van der Waals surface area (Å²) in [5.74, 6) is -1.73. The summed E-state index contributed by atoms with van der Waals surface area (Å²) in [6.45, 7) is 2.21. The van der Waals surface area contributed by atoms with Gasteiger partial charge in [0.25, 0.3) is 5.91 Å². The second-order valence-corrected chi connectivity index (χ2v) is 10.7. The molecule has 0 N–H and O–H groups in total. The van der Waals surface area contributed by atoms with E-state index in [1.54, 1.807) is 0 Å². The summed E-state index contributed by atoms with van der Waals surface area (Å²) in [6.07, 6.45) is 0.0939. The Hall–Kier alpha value is -3.43. The number of nitrogens with zero attached hydrogens (tertiary/aromatic N) is 3. The fourth-order valence-corrected chi connectivity index (χ4v) is 5.33. The van der Waals surface area contributed by atoms with Crippen molar-refractivity contribution in [2.24, 2.45) is 0 Å². The van der Waals surface area contributed by atoms with Crippen molar-refractivity contribution >= 4 is 69.7 Å². The number of ether oxygens (including phenoxy) is 1. The number of benzene rings is 3. The van der Waals surface area contributed by atoms with Crippen LogP contribution in [0.5, 0.6) is 0 Å². The van der Waals surface area contributed by atoms with E-state index < -0.39 is 24.4 Å². The van der Waals surface area contributed by atoms with E-state index in [2.05, 4.69) is 4.90 Å². The maximum absolute atomic E-state index is 13.3. The fraction of sp³-hybridized carbons (Fsp3) is 0.241. The molecule has 3 aromatic carbocycles. The SMILES string of the molecule is O=C(COC(=O)c1ccc(N2C(=O)CC(N3CCN(c4cccc(Cl)c4)CC3)C2=O)cc1)c1ccc(Cl)c(Cl)c1. The van der Waals surface area contributed by atoms with Gasteiger partial charge in [-0.25, -0.2) is 9.69 Å². The molecule has 1 unspecified atom stereocenters. The van der Waals surface area contributed by atoms with Crippen LogP contribution in [-0.2, 0) is 14.3 Å². The van der Waals surface area contributed by atoms with Gasteiger partial charge in [0.05, 0.1) is 33.8 Å². The molecule has 1 atom stereocenters. The number of ketones is 1. The van der Waals surface area contributed by atoms with E-state index in [1.165, 1.54) is 42.5 Å². The van der Waals surface area contributed by atoms with Crippen LogP contribution in [0.2, 0.25) is 15.1 Å². The highest BCUT2D eigenvalue weighted by Gasteiger charge is 2.43. The van der Waals surface area contributed by atoms with Crippen molar-refractivity contribution in [3.8, 4) is 0 Å². The van der Waals surface area contributed by atoms with Gasteiger partial charge in [-0.05, 0) is 60.7 Å². The number of amides is 2. The minimum absolute atomic E-state index is 0.0939. The summed E-state index contributed by atoms with van der Waals surface area (Å²) in [4.78, 5) is 56.3. The van der Waals surface area contributed by atoms with Crippen LogP contribution in [0.15, 0.2) is 66.7 Å². The molecule has 40 heavy (non-hydrogen) atoms. The van der Waals surface area contributed by atoms with Crippen molar-refractivity contribution < 1.29 is 23.9 Å². The molecule has 0 saturated carbocycles. The van der Waals surface area contributed by atoms with E-state index in [4.69, 9.17) is 39.5 Å². The summed E-state index contributed by atoms with van der Waals surface area (Å²) >= 11 is 17.9. The number of imide groups is 1. The van der Waals surface area contributed by atoms with Gasteiger partial charge >= 0.3 is 5.97 Å². The van der Waals surface area contributed by atoms with Crippen molar-refractivity contribution in [3.63, 3.8) is 0 Å². The lowest BCUT2D eigenvalue weighted by Crippen LogP contribution is -2.52. The molecule has 2 heterocycles. The van der Waals surface area contributed by atoms with Crippen molar-refractivity contribution in [1.82, 2.24) is 4.90 Å². The molecule has 2 saturated heterocycles. The van der Waals surface area contributed by atoms with Crippen molar-refractivity contribution in [3.05, 3.63) is 92.9 Å². The lowest BCUT2D eigenvalue weighted by Gasteiger charge is -2.38. The predicted octanol–water partition coefficient (Wildman–Crippen LogP) is 5.14. The summed E-state index contributed by atoms with van der Waals surface area (Å²) < 4.78 is 5.14. The van der Waals surface area contributed by atoms with Gasteiger partial charge in [0.1, 0.15) is 0 Å². The third kappa shape index (κ3) is 6.00. The number of rotatable bonds is 7. The molecule has 2 amide bonds.